The smallest absolute Gasteiger partial charge is 0.306 e. The molecule has 54 heavy (non-hydrogen) atoms. The van der Waals surface area contributed by atoms with E-state index in [1.165, 1.54) is 24.7 Å². The Morgan fingerprint density at radius 1 is 0.870 bits per heavy atom. The number of hydrogen-bond acceptors (Lipinski definition) is 6. The van der Waals surface area contributed by atoms with E-state index in [1.54, 1.807) is 0 Å². The number of rotatable bonds is 11. The van der Waals surface area contributed by atoms with E-state index in [1.807, 2.05) is 13.8 Å². The fraction of sp³-hybridized carbons (Fsp3) is 0.889. The number of likely N-dealkylation sites (tertiary alicyclic amines) is 1. The summed E-state index contributed by atoms with van der Waals surface area (Å²) in [6.07, 6.45) is 15.1. The number of carboxylic acid groups (broad SMARTS) is 1. The summed E-state index contributed by atoms with van der Waals surface area (Å²) in [5.74, 6) is 1.61. The third-order valence-electron chi connectivity index (χ3n) is 17.7. The Bertz CT molecular complexity index is 1620. The summed E-state index contributed by atoms with van der Waals surface area (Å²) in [5.41, 5.74) is 0.838. The number of ether oxygens (including phenoxy) is 1. The van der Waals surface area contributed by atoms with E-state index in [0.29, 0.717) is 42.4 Å². The average Bonchev–Trinajstić information content (AvgIpc) is 3.66. The Labute approximate surface area is 327 Å². The molecule has 0 bridgehead atoms. The summed E-state index contributed by atoms with van der Waals surface area (Å²) >= 11 is 0. The Morgan fingerprint density at radius 3 is 2.22 bits per heavy atom. The summed E-state index contributed by atoms with van der Waals surface area (Å²) in [7, 11) is -3.08. The van der Waals surface area contributed by atoms with Gasteiger partial charge in [-0.25, -0.2) is 8.42 Å². The Hall–Kier alpha value is -1.90. The van der Waals surface area contributed by atoms with Gasteiger partial charge >= 0.3 is 11.9 Å². The number of fused-ring (bicyclic) bond motifs is 7. The van der Waals surface area contributed by atoms with Crippen molar-refractivity contribution in [1.82, 2.24) is 4.90 Å². The third-order valence-corrected chi connectivity index (χ3v) is 18.7. The van der Waals surface area contributed by atoms with Gasteiger partial charge in [0, 0.05) is 30.7 Å². The van der Waals surface area contributed by atoms with Crippen molar-refractivity contribution in [2.45, 2.75) is 170 Å². The number of sulfone groups is 1. The third kappa shape index (κ3) is 7.14. The predicted octanol–water partition coefficient (Wildman–Crippen LogP) is 9.26. The highest BCUT2D eigenvalue weighted by Gasteiger charge is 2.71. The van der Waals surface area contributed by atoms with Crippen LogP contribution in [0.3, 0.4) is 0 Å². The highest BCUT2D eigenvalue weighted by atomic mass is 32.2. The van der Waals surface area contributed by atoms with Gasteiger partial charge in [-0.2, -0.15) is 0 Å². The Morgan fingerprint density at radius 2 is 1.57 bits per heavy atom. The van der Waals surface area contributed by atoms with E-state index in [-0.39, 0.29) is 69.7 Å². The van der Waals surface area contributed by atoms with Crippen molar-refractivity contribution >= 4 is 27.7 Å². The van der Waals surface area contributed by atoms with Crippen LogP contribution in [0, 0.1) is 62.1 Å². The molecule has 5 aliphatic carbocycles. The molecule has 1 heterocycles. The molecule has 6 rings (SSSR count). The maximum atomic E-state index is 14.4. The highest BCUT2D eigenvalue weighted by molar-refractivity contribution is 7.90. The maximum absolute atomic E-state index is 14.4. The molecule has 6 aliphatic rings. The molecule has 1 amide bonds. The minimum atomic E-state index is -3.08. The molecule has 6 fully saturated rings. The van der Waals surface area contributed by atoms with E-state index in [9.17, 15) is 27.9 Å². The van der Waals surface area contributed by atoms with Gasteiger partial charge in [0.1, 0.15) is 15.9 Å². The minimum absolute atomic E-state index is 0.0257. The predicted molar refractivity (Wildman–Crippen MR) is 213 cm³/mol. The van der Waals surface area contributed by atoms with E-state index in [0.717, 1.165) is 70.8 Å². The first kappa shape index (κ1) is 41.7. The molecule has 1 saturated heterocycles. The molecule has 1 N–H and O–H groups in total. The molecule has 5 saturated carbocycles. The van der Waals surface area contributed by atoms with Crippen LogP contribution in [-0.4, -0.2) is 67.0 Å². The zero-order valence-corrected chi connectivity index (χ0v) is 36.0. The molecular weight excluding hydrogens is 699 g/mol. The molecule has 0 aromatic heterocycles. The molecule has 1 aliphatic heterocycles. The van der Waals surface area contributed by atoms with Gasteiger partial charge in [-0.3, -0.25) is 14.4 Å². The number of carboxylic acids is 1. The second-order valence-corrected chi connectivity index (χ2v) is 24.0. The fourth-order valence-electron chi connectivity index (χ4n) is 15.1. The van der Waals surface area contributed by atoms with Crippen LogP contribution >= 0.6 is 0 Å². The van der Waals surface area contributed by atoms with Gasteiger partial charge in [0.25, 0.3) is 0 Å². The first-order valence-corrected chi connectivity index (χ1v) is 23.5. The average molecular weight is 772 g/mol. The first-order chi connectivity index (χ1) is 24.9. The lowest BCUT2D eigenvalue weighted by Crippen LogP contribution is -2.67. The van der Waals surface area contributed by atoms with E-state index < -0.39 is 21.2 Å². The Balaban J connectivity index is 1.22. The standard InChI is InChI=1S/C45H73NO7S/c1-29(2)31-15-21-45(26-36(47)46-24-11-12-30(46)18-25-54(10,51)52)23-22-43(8)32(39(31)45)13-14-34-42(7)19-17-35(41(5,6)33(42)16-20-44(34,43)9)53-38(50)28-40(3,4)27-37(48)49/h30-35,39H,1,11-28H2,2-10H3,(H,48,49)/t30-,31-,32+,33-,34+,35-,39+,42-,43+,44+,45+/m0/s1. The number of carbonyl (C=O) groups is 3. The number of hydrogen-bond donors (Lipinski definition) is 1. The lowest BCUT2D eigenvalue weighted by atomic mass is 9.32. The van der Waals surface area contributed by atoms with Gasteiger partial charge in [-0.15, -0.1) is 0 Å². The summed E-state index contributed by atoms with van der Waals surface area (Å²) in [6.45, 7) is 23.6. The number of allylic oxidation sites excluding steroid dienone is 1. The quantitative estimate of drug-likeness (QED) is 0.164. The van der Waals surface area contributed by atoms with Crippen LogP contribution < -0.4 is 0 Å². The van der Waals surface area contributed by atoms with Crippen LogP contribution in [-0.2, 0) is 29.0 Å². The lowest BCUT2D eigenvalue weighted by molar-refractivity contribution is -0.250. The monoisotopic (exact) mass is 772 g/mol. The molecule has 0 unspecified atom stereocenters. The van der Waals surface area contributed by atoms with Crippen molar-refractivity contribution in [3.63, 3.8) is 0 Å². The molecular formula is C45H73NO7S. The SMILES string of the molecule is C=C(C)[C@@H]1CC[C@]2(CC(=O)N3CCC[C@H]3CCS(C)(=O)=O)CC[C@]3(C)[C@H](CC[C@@H]4[C@@]5(C)CC[C@H](OC(=O)CC(C)(C)CC(=O)O)C(C)(C)[C@@H]5CC[C@]43C)[C@@H]12. The van der Waals surface area contributed by atoms with E-state index in [2.05, 4.69) is 53.0 Å². The van der Waals surface area contributed by atoms with Crippen LogP contribution in [0.5, 0.6) is 0 Å². The summed E-state index contributed by atoms with van der Waals surface area (Å²) in [4.78, 5) is 41.1. The summed E-state index contributed by atoms with van der Waals surface area (Å²) in [6, 6.07) is 0.0335. The van der Waals surface area contributed by atoms with E-state index >= 15 is 0 Å². The zero-order valence-electron chi connectivity index (χ0n) is 35.2. The molecule has 306 valence electrons. The van der Waals surface area contributed by atoms with Crippen LogP contribution in [0.4, 0.5) is 0 Å². The number of esters is 1. The van der Waals surface area contributed by atoms with Gasteiger partial charge in [0.15, 0.2) is 0 Å². The van der Waals surface area contributed by atoms with Crippen molar-refractivity contribution < 1.29 is 32.6 Å². The molecule has 0 aromatic carbocycles. The van der Waals surface area contributed by atoms with Gasteiger partial charge < -0.3 is 14.7 Å². The number of aliphatic carboxylic acids is 1. The van der Waals surface area contributed by atoms with Crippen molar-refractivity contribution in [3.05, 3.63) is 12.2 Å². The number of carbonyl (C=O) groups excluding carboxylic acids is 2. The van der Waals surface area contributed by atoms with E-state index in [4.69, 9.17) is 4.74 Å². The summed E-state index contributed by atoms with van der Waals surface area (Å²) < 4.78 is 30.3. The molecule has 0 aromatic rings. The molecule has 11 atom stereocenters. The van der Waals surface area contributed by atoms with Crippen LogP contribution in [0.1, 0.15) is 158 Å². The van der Waals surface area contributed by atoms with Gasteiger partial charge in [-0.05, 0) is 147 Å². The first-order valence-electron chi connectivity index (χ1n) is 21.4. The fourth-order valence-corrected chi connectivity index (χ4v) is 15.8. The molecule has 0 radical (unpaired) electrons. The van der Waals surface area contributed by atoms with Crippen molar-refractivity contribution in [2.75, 3.05) is 18.6 Å². The number of amides is 1. The second kappa shape index (κ2) is 14.2. The van der Waals surface area contributed by atoms with Crippen LogP contribution in [0.2, 0.25) is 0 Å². The van der Waals surface area contributed by atoms with Crippen molar-refractivity contribution in [1.29, 1.82) is 0 Å². The lowest BCUT2D eigenvalue weighted by Gasteiger charge is -2.73. The van der Waals surface area contributed by atoms with Crippen molar-refractivity contribution in [2.24, 2.45) is 62.1 Å². The molecule has 0 spiro atoms. The van der Waals surface area contributed by atoms with Crippen LogP contribution in [0.15, 0.2) is 12.2 Å². The molecule has 8 nitrogen and oxygen atoms in total. The largest absolute Gasteiger partial charge is 0.481 e. The maximum Gasteiger partial charge on any atom is 0.306 e. The molecule has 9 heteroatoms. The second-order valence-electron chi connectivity index (χ2n) is 21.8. The van der Waals surface area contributed by atoms with Gasteiger partial charge in [0.2, 0.25) is 5.91 Å². The normalized spacial score (nSPS) is 41.6. The zero-order chi connectivity index (χ0) is 39.9. The highest BCUT2D eigenvalue weighted by Crippen LogP contribution is 2.78. The van der Waals surface area contributed by atoms with Gasteiger partial charge in [-0.1, -0.05) is 60.6 Å². The van der Waals surface area contributed by atoms with Crippen LogP contribution in [0.25, 0.3) is 0 Å². The summed E-state index contributed by atoms with van der Waals surface area (Å²) in [5, 5.41) is 9.36. The number of nitrogens with zero attached hydrogens (tertiary/aromatic N) is 1. The minimum Gasteiger partial charge on any atom is -0.481 e. The topological polar surface area (TPSA) is 118 Å². The Kier molecular flexibility index (Phi) is 11.0. The van der Waals surface area contributed by atoms with Gasteiger partial charge in [0.05, 0.1) is 18.6 Å². The van der Waals surface area contributed by atoms with Crippen molar-refractivity contribution in [3.8, 4) is 0 Å².